The molecule has 0 amide bonds. The van der Waals surface area contributed by atoms with E-state index in [1.54, 1.807) is 24.3 Å². The van der Waals surface area contributed by atoms with E-state index in [4.69, 9.17) is 25.8 Å². The highest BCUT2D eigenvalue weighted by atomic mass is 35.5. The number of esters is 1. The van der Waals surface area contributed by atoms with Gasteiger partial charge in [-0.15, -0.1) is 0 Å². The average molecular weight is 441 g/mol. The van der Waals surface area contributed by atoms with Crippen LogP contribution in [0.5, 0.6) is 0 Å². The van der Waals surface area contributed by atoms with Crippen LogP contribution in [0.15, 0.2) is 47.2 Å². The lowest BCUT2D eigenvalue weighted by Gasteiger charge is -2.40. The van der Waals surface area contributed by atoms with E-state index < -0.39 is 48.7 Å². The molecule has 4 unspecified atom stereocenters. The van der Waals surface area contributed by atoms with Crippen LogP contribution in [0.1, 0.15) is 29.3 Å². The van der Waals surface area contributed by atoms with Gasteiger partial charge < -0.3 is 34.6 Å². The van der Waals surface area contributed by atoms with Crippen LogP contribution in [0.25, 0.3) is 0 Å². The number of halogens is 1. The van der Waals surface area contributed by atoms with Gasteiger partial charge in [0.05, 0.1) is 24.3 Å². The minimum absolute atomic E-state index is 0.254. The summed E-state index contributed by atoms with van der Waals surface area (Å²) in [6.07, 6.45) is -2.87. The lowest BCUT2D eigenvalue weighted by Crippen LogP contribution is -2.59. The zero-order valence-electron chi connectivity index (χ0n) is 16.6. The van der Waals surface area contributed by atoms with Crippen LogP contribution in [-0.4, -0.2) is 70.8 Å². The number of benzene rings is 1. The number of allylic oxidation sites excluding steroid dienone is 3. The number of rotatable bonds is 5. The van der Waals surface area contributed by atoms with Crippen molar-refractivity contribution >= 4 is 17.6 Å². The van der Waals surface area contributed by atoms with Crippen molar-refractivity contribution in [2.75, 3.05) is 13.7 Å². The van der Waals surface area contributed by atoms with Crippen molar-refractivity contribution in [3.8, 4) is 0 Å². The molecule has 1 saturated heterocycles. The molecule has 0 saturated carbocycles. The molecule has 1 fully saturated rings. The van der Waals surface area contributed by atoms with E-state index >= 15 is 0 Å². The number of carbonyl (C=O) groups is 1. The molecule has 2 aliphatic rings. The fourth-order valence-corrected chi connectivity index (χ4v) is 3.87. The number of hydrogen-bond acceptors (Lipinski definition) is 8. The summed E-state index contributed by atoms with van der Waals surface area (Å²) in [6.45, 7) is 1.43. The number of carbonyl (C=O) groups excluding carboxylic acids is 1. The topological polar surface area (TPSA) is 126 Å². The maximum Gasteiger partial charge on any atom is 0.337 e. The maximum absolute atomic E-state index is 11.6. The van der Waals surface area contributed by atoms with Gasteiger partial charge in [0.2, 0.25) is 6.29 Å². The SMILES string of the molecule is COC(=O)c1ccc(C2(C)C=C(Cl)C(O[C@H]3OC(CO)[C@@H](O)C(O)C3O)=CC2)cc1. The Hall–Kier alpha value is -1.94. The summed E-state index contributed by atoms with van der Waals surface area (Å²) < 4.78 is 15.7. The van der Waals surface area contributed by atoms with Crippen LogP contribution >= 0.6 is 11.6 Å². The molecule has 1 aromatic carbocycles. The van der Waals surface area contributed by atoms with Crippen molar-refractivity contribution in [1.29, 1.82) is 0 Å². The van der Waals surface area contributed by atoms with Gasteiger partial charge in [-0.05, 0) is 30.2 Å². The largest absolute Gasteiger partial charge is 0.465 e. The zero-order valence-corrected chi connectivity index (χ0v) is 17.3. The third kappa shape index (κ3) is 4.39. The van der Waals surface area contributed by atoms with Crippen molar-refractivity contribution < 1.29 is 39.4 Å². The zero-order chi connectivity index (χ0) is 22.1. The molecule has 1 aliphatic heterocycles. The Labute approximate surface area is 178 Å². The van der Waals surface area contributed by atoms with Crippen molar-refractivity contribution in [2.45, 2.75) is 49.5 Å². The van der Waals surface area contributed by atoms with Gasteiger partial charge in [0.15, 0.2) is 0 Å². The quantitative estimate of drug-likeness (QED) is 0.499. The Kier molecular flexibility index (Phi) is 6.86. The Balaban J connectivity index is 1.74. The summed E-state index contributed by atoms with van der Waals surface area (Å²) in [7, 11) is 1.32. The minimum atomic E-state index is -1.54. The Bertz CT molecular complexity index is 834. The van der Waals surface area contributed by atoms with Crippen molar-refractivity contribution in [3.63, 3.8) is 0 Å². The fourth-order valence-electron chi connectivity index (χ4n) is 3.51. The lowest BCUT2D eigenvalue weighted by atomic mass is 9.77. The molecular weight excluding hydrogens is 416 g/mol. The second kappa shape index (κ2) is 9.05. The lowest BCUT2D eigenvalue weighted by molar-refractivity contribution is -0.290. The molecular formula is C21H25ClO8. The van der Waals surface area contributed by atoms with Crippen LogP contribution in [0, 0.1) is 0 Å². The molecule has 3 rings (SSSR count). The van der Waals surface area contributed by atoms with Gasteiger partial charge in [0.25, 0.3) is 0 Å². The van der Waals surface area contributed by atoms with Crippen LogP contribution < -0.4 is 0 Å². The molecule has 0 bridgehead atoms. The fraction of sp³-hybridized carbons (Fsp3) is 0.476. The standard InChI is InChI=1S/C21H25ClO8/c1-21(12-5-3-11(4-6-12)19(27)28-2)8-7-14(13(22)9-21)29-20-18(26)17(25)16(24)15(10-23)30-20/h3-7,9,15-18,20,23-26H,8,10H2,1-2H3/t15?,16-,17?,18?,20+,21?/m1/s1. The second-order valence-electron chi connectivity index (χ2n) is 7.57. The number of hydrogen-bond donors (Lipinski definition) is 4. The average Bonchev–Trinajstić information content (AvgIpc) is 2.75. The third-order valence-electron chi connectivity index (χ3n) is 5.45. The van der Waals surface area contributed by atoms with E-state index in [0.717, 1.165) is 5.56 Å². The van der Waals surface area contributed by atoms with E-state index in [-0.39, 0.29) is 10.8 Å². The highest BCUT2D eigenvalue weighted by Crippen LogP contribution is 2.39. The molecule has 9 heteroatoms. The first-order chi connectivity index (χ1) is 14.2. The summed E-state index contributed by atoms with van der Waals surface area (Å²) in [4.78, 5) is 11.6. The first kappa shape index (κ1) is 22.7. The van der Waals surface area contributed by atoms with E-state index in [0.29, 0.717) is 12.0 Å². The third-order valence-corrected chi connectivity index (χ3v) is 5.74. The summed E-state index contributed by atoms with van der Waals surface area (Å²) in [5.74, 6) is -0.163. The Morgan fingerprint density at radius 1 is 1.20 bits per heavy atom. The number of aliphatic hydroxyl groups excluding tert-OH is 4. The van der Waals surface area contributed by atoms with Crippen LogP contribution in [-0.2, 0) is 19.6 Å². The smallest absolute Gasteiger partial charge is 0.337 e. The minimum Gasteiger partial charge on any atom is -0.465 e. The van der Waals surface area contributed by atoms with Crippen LogP contribution in [0.4, 0.5) is 0 Å². The van der Waals surface area contributed by atoms with Gasteiger partial charge in [-0.25, -0.2) is 4.79 Å². The van der Waals surface area contributed by atoms with E-state index in [1.165, 1.54) is 7.11 Å². The molecule has 30 heavy (non-hydrogen) atoms. The van der Waals surface area contributed by atoms with E-state index in [1.807, 2.05) is 19.1 Å². The number of methoxy groups -OCH3 is 1. The van der Waals surface area contributed by atoms with Crippen molar-refractivity contribution in [3.05, 3.63) is 58.3 Å². The van der Waals surface area contributed by atoms with Gasteiger partial charge in [0, 0.05) is 5.41 Å². The van der Waals surface area contributed by atoms with Gasteiger partial charge >= 0.3 is 5.97 Å². The number of ether oxygens (including phenoxy) is 3. The maximum atomic E-state index is 11.6. The monoisotopic (exact) mass is 440 g/mol. The van der Waals surface area contributed by atoms with Gasteiger partial charge in [-0.3, -0.25) is 0 Å². The number of aliphatic hydroxyl groups is 4. The molecule has 4 N–H and O–H groups in total. The van der Waals surface area contributed by atoms with Crippen LogP contribution in [0.2, 0.25) is 0 Å². The molecule has 0 radical (unpaired) electrons. The molecule has 6 atom stereocenters. The highest BCUT2D eigenvalue weighted by molar-refractivity contribution is 6.31. The van der Waals surface area contributed by atoms with Crippen LogP contribution in [0.3, 0.4) is 0 Å². The van der Waals surface area contributed by atoms with Gasteiger partial charge in [0.1, 0.15) is 30.2 Å². The Morgan fingerprint density at radius 2 is 1.87 bits per heavy atom. The predicted octanol–water partition coefficient (Wildman–Crippen LogP) is 0.958. The summed E-state index contributed by atoms with van der Waals surface area (Å²) in [6, 6.07) is 7.00. The summed E-state index contributed by atoms with van der Waals surface area (Å²) >= 11 is 6.42. The molecule has 1 aromatic rings. The molecule has 1 aliphatic carbocycles. The molecule has 0 aromatic heterocycles. The van der Waals surface area contributed by atoms with Crippen molar-refractivity contribution in [2.24, 2.45) is 0 Å². The molecule has 0 spiro atoms. The summed E-state index contributed by atoms with van der Waals surface area (Å²) in [5, 5.41) is 39.5. The summed E-state index contributed by atoms with van der Waals surface area (Å²) in [5.41, 5.74) is 0.905. The predicted molar refractivity (Wildman–Crippen MR) is 107 cm³/mol. The van der Waals surface area contributed by atoms with E-state index in [9.17, 15) is 25.2 Å². The van der Waals surface area contributed by atoms with Gasteiger partial charge in [-0.2, -0.15) is 0 Å². The molecule has 1 heterocycles. The normalized spacial score (nSPS) is 34.0. The second-order valence-corrected chi connectivity index (χ2v) is 7.97. The van der Waals surface area contributed by atoms with E-state index in [2.05, 4.69) is 0 Å². The van der Waals surface area contributed by atoms with Gasteiger partial charge in [-0.1, -0.05) is 36.7 Å². The molecule has 164 valence electrons. The first-order valence-corrected chi connectivity index (χ1v) is 9.83. The first-order valence-electron chi connectivity index (χ1n) is 9.45. The highest BCUT2D eigenvalue weighted by Gasteiger charge is 2.45. The molecule has 8 nitrogen and oxygen atoms in total. The Morgan fingerprint density at radius 3 is 2.43 bits per heavy atom. The van der Waals surface area contributed by atoms with Crippen molar-refractivity contribution in [1.82, 2.24) is 0 Å².